The van der Waals surface area contributed by atoms with Crippen molar-refractivity contribution in [3.8, 4) is 0 Å². The highest BCUT2D eigenvalue weighted by atomic mass is 16.2. The van der Waals surface area contributed by atoms with E-state index in [0.29, 0.717) is 5.92 Å². The van der Waals surface area contributed by atoms with Crippen LogP contribution in [0, 0.1) is 5.92 Å². The standard InChI is InChI=1S/C13H18N2O/c1-10(14)13(16)15(9-11-7-8-11)12-5-3-2-4-6-12/h2-6,10-11H,7-9,14H2,1H3/t10-/m0/s1. The highest BCUT2D eigenvalue weighted by Crippen LogP contribution is 2.31. The average Bonchev–Trinajstić information content (AvgIpc) is 3.10. The summed E-state index contributed by atoms with van der Waals surface area (Å²) >= 11 is 0. The highest BCUT2D eigenvalue weighted by Gasteiger charge is 2.28. The Bertz CT molecular complexity index is 357. The van der Waals surface area contributed by atoms with E-state index >= 15 is 0 Å². The number of anilines is 1. The van der Waals surface area contributed by atoms with E-state index in [-0.39, 0.29) is 5.91 Å². The molecule has 1 aromatic carbocycles. The predicted octanol–water partition coefficient (Wildman–Crippen LogP) is 1.78. The number of nitrogens with zero attached hydrogens (tertiary/aromatic N) is 1. The first-order chi connectivity index (χ1) is 7.68. The Morgan fingerprint density at radius 3 is 2.56 bits per heavy atom. The summed E-state index contributed by atoms with van der Waals surface area (Å²) in [6.45, 7) is 2.55. The molecule has 0 radical (unpaired) electrons. The minimum Gasteiger partial charge on any atom is -0.320 e. The molecule has 1 saturated carbocycles. The van der Waals surface area contributed by atoms with E-state index in [1.54, 1.807) is 6.92 Å². The van der Waals surface area contributed by atoms with Crippen molar-refractivity contribution < 1.29 is 4.79 Å². The van der Waals surface area contributed by atoms with Gasteiger partial charge in [-0.2, -0.15) is 0 Å². The lowest BCUT2D eigenvalue weighted by atomic mass is 10.2. The normalized spacial score (nSPS) is 16.9. The molecule has 2 N–H and O–H groups in total. The maximum Gasteiger partial charge on any atom is 0.243 e. The first-order valence-corrected chi connectivity index (χ1v) is 5.80. The lowest BCUT2D eigenvalue weighted by molar-refractivity contribution is -0.119. The molecule has 2 rings (SSSR count). The van der Waals surface area contributed by atoms with E-state index < -0.39 is 6.04 Å². The molecular weight excluding hydrogens is 200 g/mol. The Morgan fingerprint density at radius 2 is 2.06 bits per heavy atom. The van der Waals surface area contributed by atoms with Crippen molar-refractivity contribution >= 4 is 11.6 Å². The number of para-hydroxylation sites is 1. The van der Waals surface area contributed by atoms with Crippen molar-refractivity contribution in [2.45, 2.75) is 25.8 Å². The summed E-state index contributed by atoms with van der Waals surface area (Å²) in [7, 11) is 0. The number of nitrogens with two attached hydrogens (primary N) is 1. The third-order valence-electron chi connectivity index (χ3n) is 2.86. The molecule has 0 heterocycles. The van der Waals surface area contributed by atoms with Crippen molar-refractivity contribution in [1.82, 2.24) is 0 Å². The molecule has 0 unspecified atom stereocenters. The van der Waals surface area contributed by atoms with Crippen LogP contribution < -0.4 is 10.6 Å². The van der Waals surface area contributed by atoms with Gasteiger partial charge in [0.25, 0.3) is 0 Å². The van der Waals surface area contributed by atoms with Crippen LogP contribution in [0.2, 0.25) is 0 Å². The molecule has 0 aromatic heterocycles. The van der Waals surface area contributed by atoms with Crippen LogP contribution in [0.15, 0.2) is 30.3 Å². The van der Waals surface area contributed by atoms with Gasteiger partial charge in [-0.05, 0) is 37.8 Å². The molecule has 1 aromatic rings. The Kier molecular flexibility index (Phi) is 3.25. The first-order valence-electron chi connectivity index (χ1n) is 5.80. The van der Waals surface area contributed by atoms with Gasteiger partial charge in [0.05, 0.1) is 6.04 Å². The Morgan fingerprint density at radius 1 is 1.44 bits per heavy atom. The van der Waals surface area contributed by atoms with Gasteiger partial charge < -0.3 is 10.6 Å². The van der Waals surface area contributed by atoms with Gasteiger partial charge in [0.1, 0.15) is 0 Å². The number of hydrogen-bond acceptors (Lipinski definition) is 2. The topological polar surface area (TPSA) is 46.3 Å². The zero-order valence-corrected chi connectivity index (χ0v) is 9.60. The summed E-state index contributed by atoms with van der Waals surface area (Å²) in [4.78, 5) is 13.8. The lowest BCUT2D eigenvalue weighted by Crippen LogP contribution is -2.43. The fourth-order valence-electron chi connectivity index (χ4n) is 1.73. The second-order valence-electron chi connectivity index (χ2n) is 4.52. The fraction of sp³-hybridized carbons (Fsp3) is 0.462. The molecule has 0 aliphatic heterocycles. The van der Waals surface area contributed by atoms with Gasteiger partial charge in [-0.15, -0.1) is 0 Å². The van der Waals surface area contributed by atoms with E-state index in [1.807, 2.05) is 35.2 Å². The second-order valence-corrected chi connectivity index (χ2v) is 4.52. The van der Waals surface area contributed by atoms with Crippen molar-refractivity contribution in [2.75, 3.05) is 11.4 Å². The molecule has 1 amide bonds. The van der Waals surface area contributed by atoms with E-state index in [4.69, 9.17) is 5.73 Å². The van der Waals surface area contributed by atoms with Crippen molar-refractivity contribution in [3.05, 3.63) is 30.3 Å². The smallest absolute Gasteiger partial charge is 0.243 e. The van der Waals surface area contributed by atoms with Crippen LogP contribution in [0.3, 0.4) is 0 Å². The summed E-state index contributed by atoms with van der Waals surface area (Å²) in [6.07, 6.45) is 2.46. The number of carbonyl (C=O) groups excluding carboxylic acids is 1. The van der Waals surface area contributed by atoms with Crippen LogP contribution in [0.4, 0.5) is 5.69 Å². The summed E-state index contributed by atoms with van der Waals surface area (Å²) in [5, 5.41) is 0. The molecule has 3 heteroatoms. The summed E-state index contributed by atoms with van der Waals surface area (Å²) in [5.74, 6) is 0.681. The van der Waals surface area contributed by atoms with Gasteiger partial charge in [0.15, 0.2) is 0 Å². The summed E-state index contributed by atoms with van der Waals surface area (Å²) in [6, 6.07) is 9.34. The van der Waals surface area contributed by atoms with Gasteiger partial charge in [-0.25, -0.2) is 0 Å². The third kappa shape index (κ3) is 2.61. The fourth-order valence-corrected chi connectivity index (χ4v) is 1.73. The molecule has 1 aliphatic rings. The van der Waals surface area contributed by atoms with E-state index in [9.17, 15) is 4.79 Å². The molecule has 86 valence electrons. The van der Waals surface area contributed by atoms with Gasteiger partial charge in [0.2, 0.25) is 5.91 Å². The quantitative estimate of drug-likeness (QED) is 0.837. The Hall–Kier alpha value is -1.35. The Balaban J connectivity index is 2.16. The van der Waals surface area contributed by atoms with Gasteiger partial charge in [-0.1, -0.05) is 18.2 Å². The van der Waals surface area contributed by atoms with Gasteiger partial charge >= 0.3 is 0 Å². The molecule has 0 saturated heterocycles. The number of rotatable bonds is 4. The number of carbonyl (C=O) groups is 1. The van der Waals surface area contributed by atoms with Crippen molar-refractivity contribution in [3.63, 3.8) is 0 Å². The van der Waals surface area contributed by atoms with Crippen molar-refractivity contribution in [1.29, 1.82) is 0 Å². The van der Waals surface area contributed by atoms with Crippen LogP contribution >= 0.6 is 0 Å². The maximum absolute atomic E-state index is 12.0. The summed E-state index contributed by atoms with van der Waals surface area (Å²) in [5.41, 5.74) is 6.63. The average molecular weight is 218 g/mol. The number of amides is 1. The van der Waals surface area contributed by atoms with Crippen molar-refractivity contribution in [2.24, 2.45) is 11.7 Å². The van der Waals surface area contributed by atoms with Gasteiger partial charge in [0, 0.05) is 12.2 Å². The Labute approximate surface area is 96.2 Å². The van der Waals surface area contributed by atoms with Crippen LogP contribution in [0.5, 0.6) is 0 Å². The largest absolute Gasteiger partial charge is 0.320 e. The zero-order chi connectivity index (χ0) is 11.5. The molecule has 0 spiro atoms. The predicted molar refractivity (Wildman–Crippen MR) is 65.2 cm³/mol. The highest BCUT2D eigenvalue weighted by molar-refractivity contribution is 5.96. The molecule has 16 heavy (non-hydrogen) atoms. The monoisotopic (exact) mass is 218 g/mol. The summed E-state index contributed by atoms with van der Waals surface area (Å²) < 4.78 is 0. The zero-order valence-electron chi connectivity index (χ0n) is 9.60. The van der Waals surface area contributed by atoms with Crippen LogP contribution in [0.1, 0.15) is 19.8 Å². The molecule has 1 atom stereocenters. The SMILES string of the molecule is C[C@H](N)C(=O)N(CC1CC1)c1ccccc1. The molecule has 1 aliphatic carbocycles. The van der Waals surface area contributed by atoms with Gasteiger partial charge in [-0.3, -0.25) is 4.79 Å². The number of benzene rings is 1. The minimum absolute atomic E-state index is 0.0121. The molecule has 1 fully saturated rings. The third-order valence-corrected chi connectivity index (χ3v) is 2.86. The second kappa shape index (κ2) is 4.66. The first kappa shape index (κ1) is 11.1. The molecular formula is C13H18N2O. The van der Waals surface area contributed by atoms with E-state index in [1.165, 1.54) is 12.8 Å². The van der Waals surface area contributed by atoms with E-state index in [2.05, 4.69) is 0 Å². The van der Waals surface area contributed by atoms with Crippen LogP contribution in [-0.4, -0.2) is 18.5 Å². The molecule has 3 nitrogen and oxygen atoms in total. The lowest BCUT2D eigenvalue weighted by Gasteiger charge is -2.24. The maximum atomic E-state index is 12.0. The van der Waals surface area contributed by atoms with Crippen LogP contribution in [-0.2, 0) is 4.79 Å². The molecule has 0 bridgehead atoms. The van der Waals surface area contributed by atoms with E-state index in [0.717, 1.165) is 12.2 Å². The number of hydrogen-bond donors (Lipinski definition) is 1. The minimum atomic E-state index is -0.432. The van der Waals surface area contributed by atoms with Crippen LogP contribution in [0.25, 0.3) is 0 Å².